The Morgan fingerprint density at radius 2 is 1.61 bits per heavy atom. The van der Waals surface area contributed by atoms with Crippen LogP contribution in [0.15, 0.2) is 74.3 Å². The van der Waals surface area contributed by atoms with Crippen molar-refractivity contribution in [2.45, 2.75) is 33.4 Å². The Kier molecular flexibility index (Phi) is 7.43. The van der Waals surface area contributed by atoms with Gasteiger partial charge in [-0.15, -0.1) is 0 Å². The molecule has 9 heteroatoms. The van der Waals surface area contributed by atoms with Crippen LogP contribution in [0.3, 0.4) is 0 Å². The van der Waals surface area contributed by atoms with Crippen molar-refractivity contribution in [3.05, 3.63) is 92.2 Å². The number of fused-ring (bicyclic) bond motifs is 1. The molecule has 0 unspecified atom stereocenters. The molecule has 38 heavy (non-hydrogen) atoms. The Bertz CT molecular complexity index is 1550. The van der Waals surface area contributed by atoms with Crippen molar-refractivity contribution in [2.75, 3.05) is 7.11 Å². The summed E-state index contributed by atoms with van der Waals surface area (Å²) in [5, 5.41) is 0.593. The van der Waals surface area contributed by atoms with E-state index in [-0.39, 0.29) is 23.5 Å². The summed E-state index contributed by atoms with van der Waals surface area (Å²) < 4.78 is 56.4. The molecule has 4 rings (SSSR count). The van der Waals surface area contributed by atoms with Gasteiger partial charge < -0.3 is 13.9 Å². The minimum Gasteiger partial charge on any atom is -0.495 e. The van der Waals surface area contributed by atoms with E-state index in [4.69, 9.17) is 13.9 Å². The van der Waals surface area contributed by atoms with E-state index in [1.165, 1.54) is 19.2 Å². The van der Waals surface area contributed by atoms with E-state index in [2.05, 4.69) is 15.9 Å². The van der Waals surface area contributed by atoms with Crippen molar-refractivity contribution >= 4 is 32.9 Å². The van der Waals surface area contributed by atoms with E-state index in [0.717, 1.165) is 17.7 Å². The second-order valence-electron chi connectivity index (χ2n) is 9.76. The van der Waals surface area contributed by atoms with Crippen LogP contribution in [0.1, 0.15) is 37.5 Å². The number of ether oxygens (including phenoxy) is 2. The van der Waals surface area contributed by atoms with E-state index in [9.17, 15) is 22.8 Å². The van der Waals surface area contributed by atoms with Gasteiger partial charge in [0, 0.05) is 11.5 Å². The molecular formula is C29H24BrF3O5. The van der Waals surface area contributed by atoms with Gasteiger partial charge in [0.15, 0.2) is 0 Å². The molecule has 0 fully saturated rings. The minimum absolute atomic E-state index is 0.159. The highest BCUT2D eigenvalue weighted by molar-refractivity contribution is 9.10. The van der Waals surface area contributed by atoms with Gasteiger partial charge >= 0.3 is 17.8 Å². The molecule has 3 aromatic carbocycles. The molecule has 0 saturated carbocycles. The molecule has 0 spiro atoms. The lowest BCUT2D eigenvalue weighted by Crippen LogP contribution is -2.25. The van der Waals surface area contributed by atoms with Crippen LogP contribution in [0.2, 0.25) is 0 Å². The van der Waals surface area contributed by atoms with Crippen LogP contribution < -0.4 is 15.1 Å². The van der Waals surface area contributed by atoms with Gasteiger partial charge in [-0.3, -0.25) is 4.79 Å². The highest BCUT2D eigenvalue weighted by Crippen LogP contribution is 2.37. The highest BCUT2D eigenvalue weighted by atomic mass is 79.9. The summed E-state index contributed by atoms with van der Waals surface area (Å²) in [6.45, 7) is 5.27. The van der Waals surface area contributed by atoms with E-state index < -0.39 is 22.8 Å². The van der Waals surface area contributed by atoms with Gasteiger partial charge in [-0.2, -0.15) is 13.2 Å². The molecule has 0 radical (unpaired) electrons. The topological polar surface area (TPSA) is 65.7 Å². The zero-order valence-electron chi connectivity index (χ0n) is 21.0. The predicted octanol–water partition coefficient (Wildman–Crippen LogP) is 7.79. The zero-order valence-corrected chi connectivity index (χ0v) is 22.6. The summed E-state index contributed by atoms with van der Waals surface area (Å²) in [4.78, 5) is 25.4. The molecule has 1 aromatic heterocycles. The van der Waals surface area contributed by atoms with Gasteiger partial charge in [-0.25, -0.2) is 4.79 Å². The number of rotatable bonds is 5. The fourth-order valence-electron chi connectivity index (χ4n) is 3.86. The molecule has 0 aliphatic carbocycles. The first kappa shape index (κ1) is 27.4. The van der Waals surface area contributed by atoms with Crippen LogP contribution in [0.25, 0.3) is 22.1 Å². The van der Waals surface area contributed by atoms with Crippen molar-refractivity contribution in [2.24, 2.45) is 5.41 Å². The lowest BCUT2D eigenvalue weighted by Gasteiger charge is -2.17. The molecule has 0 aliphatic rings. The van der Waals surface area contributed by atoms with Gasteiger partial charge in [-0.05, 0) is 90.1 Å². The number of methoxy groups -OCH3 is 1. The Morgan fingerprint density at radius 3 is 2.16 bits per heavy atom. The first-order valence-corrected chi connectivity index (χ1v) is 12.4. The normalized spacial score (nSPS) is 12.0. The Morgan fingerprint density at radius 1 is 0.974 bits per heavy atom. The fourth-order valence-corrected chi connectivity index (χ4v) is 4.37. The number of esters is 1. The molecular weight excluding hydrogens is 565 g/mol. The number of halogens is 4. The summed E-state index contributed by atoms with van der Waals surface area (Å²) in [6, 6.07) is 14.6. The van der Waals surface area contributed by atoms with Crippen molar-refractivity contribution in [1.82, 2.24) is 0 Å². The highest BCUT2D eigenvalue weighted by Gasteiger charge is 2.30. The Hall–Kier alpha value is -3.59. The molecule has 0 aliphatic heterocycles. The van der Waals surface area contributed by atoms with Crippen molar-refractivity contribution < 1.29 is 31.9 Å². The first-order chi connectivity index (χ1) is 17.8. The third kappa shape index (κ3) is 5.78. The van der Waals surface area contributed by atoms with Gasteiger partial charge in [0.25, 0.3) is 0 Å². The number of carbonyl (C=O) groups is 1. The first-order valence-electron chi connectivity index (χ1n) is 11.6. The maximum atomic E-state index is 13.2. The Balaban J connectivity index is 1.83. The van der Waals surface area contributed by atoms with E-state index in [1.807, 2.05) is 0 Å². The third-order valence-corrected chi connectivity index (χ3v) is 6.54. The maximum absolute atomic E-state index is 13.2. The van der Waals surface area contributed by atoms with Gasteiger partial charge in [-0.1, -0.05) is 24.3 Å². The molecule has 4 aromatic rings. The van der Waals surface area contributed by atoms with Crippen LogP contribution in [0.4, 0.5) is 13.2 Å². The lowest BCUT2D eigenvalue weighted by molar-refractivity contribution is -0.143. The summed E-state index contributed by atoms with van der Waals surface area (Å²) in [6.07, 6.45) is -4.25. The average Bonchev–Trinajstić information content (AvgIpc) is 2.84. The molecule has 0 amide bonds. The second-order valence-corrected chi connectivity index (χ2v) is 10.6. The molecule has 0 N–H and O–H groups in total. The van der Waals surface area contributed by atoms with Crippen LogP contribution >= 0.6 is 15.9 Å². The minimum atomic E-state index is -4.50. The quantitative estimate of drug-likeness (QED) is 0.135. The van der Waals surface area contributed by atoms with Gasteiger partial charge in [0.1, 0.15) is 17.1 Å². The number of hydrogen-bond acceptors (Lipinski definition) is 5. The maximum Gasteiger partial charge on any atom is 0.416 e. The summed E-state index contributed by atoms with van der Waals surface area (Å²) in [7, 11) is 1.48. The van der Waals surface area contributed by atoms with Crippen molar-refractivity contribution in [3.8, 4) is 22.6 Å². The lowest BCUT2D eigenvalue weighted by atomic mass is 9.93. The molecule has 5 nitrogen and oxygen atoms in total. The van der Waals surface area contributed by atoms with Crippen molar-refractivity contribution in [3.63, 3.8) is 0 Å². The monoisotopic (exact) mass is 588 g/mol. The predicted molar refractivity (Wildman–Crippen MR) is 142 cm³/mol. The number of hydrogen-bond donors (Lipinski definition) is 0. The molecule has 0 atom stereocenters. The molecule has 0 bridgehead atoms. The Labute approximate surface area is 225 Å². The van der Waals surface area contributed by atoms with E-state index in [0.29, 0.717) is 32.5 Å². The molecule has 198 valence electrons. The van der Waals surface area contributed by atoms with Crippen LogP contribution in [-0.2, 0) is 17.4 Å². The smallest absolute Gasteiger partial charge is 0.416 e. The molecule has 1 heterocycles. The van der Waals surface area contributed by atoms with Crippen LogP contribution in [0.5, 0.6) is 11.5 Å². The number of alkyl halides is 3. The van der Waals surface area contributed by atoms with Gasteiger partial charge in [0.2, 0.25) is 0 Å². The fraction of sp³-hybridized carbons (Fsp3) is 0.241. The summed E-state index contributed by atoms with van der Waals surface area (Å²) in [5.74, 6) is 0.459. The average molecular weight is 589 g/mol. The summed E-state index contributed by atoms with van der Waals surface area (Å²) >= 11 is 3.46. The largest absolute Gasteiger partial charge is 0.495 e. The van der Waals surface area contributed by atoms with E-state index in [1.54, 1.807) is 57.2 Å². The van der Waals surface area contributed by atoms with Crippen LogP contribution in [-0.4, -0.2) is 13.1 Å². The van der Waals surface area contributed by atoms with Crippen molar-refractivity contribution in [1.29, 1.82) is 0 Å². The molecule has 0 saturated heterocycles. The second kappa shape index (κ2) is 10.3. The summed E-state index contributed by atoms with van der Waals surface area (Å²) in [5.41, 5.74) is -0.0884. The van der Waals surface area contributed by atoms with E-state index >= 15 is 0 Å². The number of carbonyl (C=O) groups excluding carboxylic acids is 1. The van der Waals surface area contributed by atoms with Gasteiger partial charge in [0.05, 0.1) is 28.1 Å². The van der Waals surface area contributed by atoms with Crippen LogP contribution in [0, 0.1) is 5.41 Å². The standard InChI is InChI=1S/C29H24BrF3O5/c1-28(2,3)27(35)37-19-11-5-16(6-12-19)13-21-20-14-22(30)24(36-4)15-23(20)38-26(34)25(21)17-7-9-18(10-8-17)29(31,32)33/h5-12,14-15H,13H2,1-4H3. The zero-order chi connectivity index (χ0) is 27.8. The SMILES string of the molecule is COc1cc2oc(=O)c(-c3ccc(C(F)(F)F)cc3)c(Cc3ccc(OC(=O)C(C)(C)C)cc3)c2cc1Br. The number of benzene rings is 3. The third-order valence-electron chi connectivity index (χ3n) is 5.92.